The van der Waals surface area contributed by atoms with Crippen LogP contribution in [0.2, 0.25) is 0 Å². The van der Waals surface area contributed by atoms with Gasteiger partial charge >= 0.3 is 5.97 Å². The Bertz CT molecular complexity index is 680. The number of hydrogen-bond acceptors (Lipinski definition) is 7. The van der Waals surface area contributed by atoms with Crippen molar-refractivity contribution < 1.29 is 9.53 Å². The predicted molar refractivity (Wildman–Crippen MR) is 76.2 cm³/mol. The van der Waals surface area contributed by atoms with Gasteiger partial charge in [-0.15, -0.1) is 5.10 Å². The lowest BCUT2D eigenvalue weighted by Crippen LogP contribution is -2.12. The number of nitrogens with zero attached hydrogens (tertiary/aromatic N) is 5. The van der Waals surface area contributed by atoms with Gasteiger partial charge in [0.1, 0.15) is 11.6 Å². The standard InChI is InChI=1S/C13H18N6O2/c1-5-9-16-10(12(20)21-6-2)11(14)19(9)13-15-7(3)8(4)17-18-13/h5-6,14H2,1-4H3. The largest absolute Gasteiger partial charge is 0.461 e. The molecule has 2 rings (SSSR count). The molecule has 0 bridgehead atoms. The SMILES string of the molecule is CCOC(=O)c1nc(CC)n(-c2nnc(C)c(C)n2)c1N. The topological polar surface area (TPSA) is 109 Å². The Labute approximate surface area is 122 Å². The third kappa shape index (κ3) is 2.69. The minimum Gasteiger partial charge on any atom is -0.461 e. The molecule has 0 aliphatic carbocycles. The van der Waals surface area contributed by atoms with Gasteiger partial charge in [-0.1, -0.05) is 6.92 Å². The fraction of sp³-hybridized carbons (Fsp3) is 0.462. The Morgan fingerprint density at radius 1 is 1.19 bits per heavy atom. The van der Waals surface area contributed by atoms with E-state index in [1.165, 1.54) is 4.57 Å². The van der Waals surface area contributed by atoms with E-state index in [2.05, 4.69) is 20.2 Å². The third-order valence-electron chi connectivity index (χ3n) is 3.05. The summed E-state index contributed by atoms with van der Waals surface area (Å²) in [7, 11) is 0. The van der Waals surface area contributed by atoms with E-state index in [4.69, 9.17) is 10.5 Å². The molecule has 21 heavy (non-hydrogen) atoms. The molecule has 0 spiro atoms. The summed E-state index contributed by atoms with van der Waals surface area (Å²) in [5.74, 6) is 0.492. The number of carbonyl (C=O) groups excluding carboxylic acids is 1. The first-order valence-corrected chi connectivity index (χ1v) is 6.72. The molecule has 2 N–H and O–H groups in total. The van der Waals surface area contributed by atoms with Gasteiger partial charge < -0.3 is 10.5 Å². The molecule has 0 atom stereocenters. The van der Waals surface area contributed by atoms with Crippen molar-refractivity contribution in [3.63, 3.8) is 0 Å². The Kier molecular flexibility index (Phi) is 4.15. The summed E-state index contributed by atoms with van der Waals surface area (Å²) < 4.78 is 6.48. The Morgan fingerprint density at radius 2 is 1.90 bits per heavy atom. The maximum atomic E-state index is 11.9. The predicted octanol–water partition coefficient (Wildman–Crippen LogP) is 0.995. The zero-order valence-corrected chi connectivity index (χ0v) is 12.5. The van der Waals surface area contributed by atoms with Crippen molar-refractivity contribution in [3.8, 4) is 5.95 Å². The van der Waals surface area contributed by atoms with Crippen LogP contribution < -0.4 is 5.73 Å². The molecule has 0 radical (unpaired) electrons. The quantitative estimate of drug-likeness (QED) is 0.836. The summed E-state index contributed by atoms with van der Waals surface area (Å²) >= 11 is 0. The molecule has 0 amide bonds. The highest BCUT2D eigenvalue weighted by atomic mass is 16.5. The molecule has 0 saturated heterocycles. The van der Waals surface area contributed by atoms with Gasteiger partial charge in [0.2, 0.25) is 0 Å². The number of rotatable bonds is 4. The van der Waals surface area contributed by atoms with Gasteiger partial charge in [0.25, 0.3) is 5.95 Å². The average Bonchev–Trinajstić information content (AvgIpc) is 2.79. The second-order valence-electron chi connectivity index (χ2n) is 4.45. The van der Waals surface area contributed by atoms with Crippen molar-refractivity contribution in [1.82, 2.24) is 24.7 Å². The maximum absolute atomic E-state index is 11.9. The van der Waals surface area contributed by atoms with E-state index < -0.39 is 5.97 Å². The van der Waals surface area contributed by atoms with Crippen LogP contribution in [-0.2, 0) is 11.2 Å². The Morgan fingerprint density at radius 3 is 2.48 bits per heavy atom. The summed E-state index contributed by atoms with van der Waals surface area (Å²) in [4.78, 5) is 20.4. The third-order valence-corrected chi connectivity index (χ3v) is 3.05. The lowest BCUT2D eigenvalue weighted by molar-refractivity contribution is 0.0521. The van der Waals surface area contributed by atoms with Crippen molar-refractivity contribution in [1.29, 1.82) is 0 Å². The average molecular weight is 290 g/mol. The van der Waals surface area contributed by atoms with E-state index in [1.54, 1.807) is 6.92 Å². The molecule has 0 saturated carbocycles. The minimum absolute atomic E-state index is 0.0792. The zero-order valence-electron chi connectivity index (χ0n) is 12.5. The van der Waals surface area contributed by atoms with Gasteiger partial charge in [0.15, 0.2) is 5.69 Å². The van der Waals surface area contributed by atoms with Gasteiger partial charge in [0.05, 0.1) is 18.0 Å². The first kappa shape index (κ1) is 14.9. The minimum atomic E-state index is -0.555. The van der Waals surface area contributed by atoms with Gasteiger partial charge in [-0.25, -0.2) is 19.3 Å². The number of aromatic nitrogens is 5. The van der Waals surface area contributed by atoms with Crippen LogP contribution in [0, 0.1) is 13.8 Å². The fourth-order valence-electron chi connectivity index (χ4n) is 1.83. The van der Waals surface area contributed by atoms with E-state index in [-0.39, 0.29) is 18.1 Å². The number of hydrogen-bond donors (Lipinski definition) is 1. The van der Waals surface area contributed by atoms with Crippen molar-refractivity contribution in [2.45, 2.75) is 34.1 Å². The number of nitrogen functional groups attached to an aromatic ring is 1. The molecule has 0 aromatic carbocycles. The maximum Gasteiger partial charge on any atom is 0.360 e. The van der Waals surface area contributed by atoms with Crippen molar-refractivity contribution in [2.24, 2.45) is 0 Å². The molecule has 0 unspecified atom stereocenters. The molecule has 0 fully saturated rings. The van der Waals surface area contributed by atoms with Crippen LogP contribution in [0.15, 0.2) is 0 Å². The molecule has 2 aromatic heterocycles. The van der Waals surface area contributed by atoms with Gasteiger partial charge in [-0.3, -0.25) is 0 Å². The van der Waals surface area contributed by atoms with E-state index in [0.717, 1.165) is 11.4 Å². The normalized spacial score (nSPS) is 10.7. The highest BCUT2D eigenvalue weighted by Gasteiger charge is 2.23. The van der Waals surface area contributed by atoms with E-state index in [0.29, 0.717) is 18.2 Å². The Hall–Kier alpha value is -2.51. The molecular weight excluding hydrogens is 272 g/mol. The first-order valence-electron chi connectivity index (χ1n) is 6.72. The summed E-state index contributed by atoms with van der Waals surface area (Å²) in [6.45, 7) is 7.54. The van der Waals surface area contributed by atoms with Crippen molar-refractivity contribution in [2.75, 3.05) is 12.3 Å². The fourth-order valence-corrected chi connectivity index (χ4v) is 1.83. The summed E-state index contributed by atoms with van der Waals surface area (Å²) in [5, 5.41) is 8.06. The lowest BCUT2D eigenvalue weighted by Gasteiger charge is -2.07. The van der Waals surface area contributed by atoms with Crippen molar-refractivity contribution in [3.05, 3.63) is 22.9 Å². The second kappa shape index (κ2) is 5.86. The number of aryl methyl sites for hydroxylation is 3. The molecule has 2 heterocycles. The Balaban J connectivity index is 2.57. The van der Waals surface area contributed by atoms with Gasteiger partial charge in [-0.05, 0) is 20.8 Å². The van der Waals surface area contributed by atoms with E-state index >= 15 is 0 Å². The van der Waals surface area contributed by atoms with Gasteiger partial charge in [0, 0.05) is 6.42 Å². The number of esters is 1. The van der Waals surface area contributed by atoms with Crippen LogP contribution >= 0.6 is 0 Å². The van der Waals surface area contributed by atoms with E-state index in [9.17, 15) is 4.79 Å². The monoisotopic (exact) mass is 290 g/mol. The van der Waals surface area contributed by atoms with Gasteiger partial charge in [-0.2, -0.15) is 5.10 Å². The van der Waals surface area contributed by atoms with Crippen LogP contribution in [0.3, 0.4) is 0 Å². The number of anilines is 1. The number of carbonyl (C=O) groups is 1. The van der Waals surface area contributed by atoms with Crippen LogP contribution in [0.25, 0.3) is 5.95 Å². The van der Waals surface area contributed by atoms with Crippen LogP contribution in [0.1, 0.15) is 41.5 Å². The lowest BCUT2D eigenvalue weighted by atomic mass is 10.4. The molecule has 112 valence electrons. The zero-order chi connectivity index (χ0) is 15.6. The summed E-state index contributed by atoms with van der Waals surface area (Å²) in [5.41, 5.74) is 7.58. The van der Waals surface area contributed by atoms with Crippen LogP contribution in [0.4, 0.5) is 5.82 Å². The highest BCUT2D eigenvalue weighted by molar-refractivity contribution is 5.92. The van der Waals surface area contributed by atoms with Crippen molar-refractivity contribution >= 4 is 11.8 Å². The van der Waals surface area contributed by atoms with Crippen LogP contribution in [-0.4, -0.2) is 37.3 Å². The number of ether oxygens (including phenoxy) is 1. The molecule has 8 nitrogen and oxygen atoms in total. The smallest absolute Gasteiger partial charge is 0.360 e. The second-order valence-corrected chi connectivity index (χ2v) is 4.45. The molecular formula is C13H18N6O2. The molecule has 0 aliphatic heterocycles. The molecule has 2 aromatic rings. The number of imidazole rings is 1. The summed E-state index contributed by atoms with van der Waals surface area (Å²) in [6, 6.07) is 0. The summed E-state index contributed by atoms with van der Waals surface area (Å²) in [6.07, 6.45) is 0.569. The number of nitrogens with two attached hydrogens (primary N) is 1. The van der Waals surface area contributed by atoms with E-state index in [1.807, 2.05) is 20.8 Å². The highest BCUT2D eigenvalue weighted by Crippen LogP contribution is 2.20. The first-order chi connectivity index (χ1) is 9.99. The molecule has 0 aliphatic rings. The molecule has 8 heteroatoms. The van der Waals surface area contributed by atoms with Crippen LogP contribution in [0.5, 0.6) is 0 Å².